The molecule has 2 N–H and O–H groups in total. The highest BCUT2D eigenvalue weighted by Crippen LogP contribution is 2.30. The van der Waals surface area contributed by atoms with Gasteiger partial charge in [0.2, 0.25) is 15.8 Å². The predicted molar refractivity (Wildman–Crippen MR) is 69.8 cm³/mol. The van der Waals surface area contributed by atoms with E-state index < -0.39 is 26.6 Å². The molecule has 1 aliphatic carbocycles. The van der Waals surface area contributed by atoms with Crippen molar-refractivity contribution in [2.45, 2.75) is 43.6 Å². The van der Waals surface area contributed by atoms with Gasteiger partial charge in [0.1, 0.15) is 4.90 Å². The Morgan fingerprint density at radius 2 is 1.75 bits per heavy atom. The van der Waals surface area contributed by atoms with Gasteiger partial charge in [-0.25, -0.2) is 17.9 Å². The van der Waals surface area contributed by atoms with E-state index >= 15 is 0 Å². The molecule has 0 amide bonds. The van der Waals surface area contributed by atoms with Crippen molar-refractivity contribution >= 4 is 10.0 Å². The number of halogens is 2. The van der Waals surface area contributed by atoms with Crippen molar-refractivity contribution in [1.82, 2.24) is 0 Å². The third-order valence-corrected chi connectivity index (χ3v) is 4.50. The van der Waals surface area contributed by atoms with Crippen molar-refractivity contribution in [1.29, 1.82) is 0 Å². The second-order valence-electron chi connectivity index (χ2n) is 5.23. The maximum atomic E-state index is 13.8. The van der Waals surface area contributed by atoms with Crippen molar-refractivity contribution in [2.75, 3.05) is 0 Å². The summed E-state index contributed by atoms with van der Waals surface area (Å²) in [4.78, 5) is -0.861. The zero-order valence-electron chi connectivity index (χ0n) is 11.1. The number of hydrogen-bond acceptors (Lipinski definition) is 3. The molecular formula is C13H17F2NO3S. The Kier molecular flexibility index (Phi) is 4.29. The van der Waals surface area contributed by atoms with Crippen LogP contribution < -0.4 is 9.88 Å². The number of hydrogen-bond donors (Lipinski definition) is 1. The first-order valence-corrected chi connectivity index (χ1v) is 8.01. The summed E-state index contributed by atoms with van der Waals surface area (Å²) in [5, 5.41) is 4.80. The van der Waals surface area contributed by atoms with Crippen LogP contribution in [0.3, 0.4) is 0 Å². The van der Waals surface area contributed by atoms with Crippen LogP contribution >= 0.6 is 0 Å². The van der Waals surface area contributed by atoms with Gasteiger partial charge in [-0.05, 0) is 43.7 Å². The van der Waals surface area contributed by atoms with Gasteiger partial charge in [0.15, 0.2) is 11.6 Å². The van der Waals surface area contributed by atoms with Crippen LogP contribution in [0.15, 0.2) is 17.0 Å². The highest BCUT2D eigenvalue weighted by molar-refractivity contribution is 7.89. The van der Waals surface area contributed by atoms with E-state index in [-0.39, 0.29) is 11.9 Å². The Balaban J connectivity index is 2.20. The Labute approximate surface area is 117 Å². The lowest BCUT2D eigenvalue weighted by atomic mass is 9.89. The van der Waals surface area contributed by atoms with Crippen LogP contribution in [0.2, 0.25) is 0 Å². The Hall–Kier alpha value is -1.21. The highest BCUT2D eigenvalue weighted by Gasteiger charge is 2.25. The molecule has 0 aliphatic heterocycles. The fraction of sp³-hybridized carbons (Fsp3) is 0.538. The maximum Gasteiger partial charge on any atom is 0.241 e. The third kappa shape index (κ3) is 3.27. The van der Waals surface area contributed by atoms with Crippen LogP contribution in [-0.4, -0.2) is 14.5 Å². The molecule has 2 rings (SSSR count). The van der Waals surface area contributed by atoms with Gasteiger partial charge in [-0.15, -0.1) is 0 Å². The second kappa shape index (κ2) is 5.65. The summed E-state index contributed by atoms with van der Waals surface area (Å²) in [5.74, 6) is -2.46. The standard InChI is InChI=1S/C13H17F2NO3S/c1-8-2-4-9(5-3-8)19-10-6-7-11(20(16,17)18)13(15)12(10)14/h6-9H,2-5H2,1H3,(H2,16,17,18). The Morgan fingerprint density at radius 1 is 1.15 bits per heavy atom. The van der Waals surface area contributed by atoms with Crippen molar-refractivity contribution in [3.63, 3.8) is 0 Å². The number of ether oxygens (including phenoxy) is 1. The number of benzene rings is 1. The van der Waals surface area contributed by atoms with Crippen LogP contribution in [0.25, 0.3) is 0 Å². The van der Waals surface area contributed by atoms with Crippen molar-refractivity contribution in [3.8, 4) is 5.75 Å². The maximum absolute atomic E-state index is 13.8. The largest absolute Gasteiger partial charge is 0.487 e. The third-order valence-electron chi connectivity index (χ3n) is 3.57. The predicted octanol–water partition coefficient (Wildman–Crippen LogP) is 2.57. The Bertz CT molecular complexity index is 596. The second-order valence-corrected chi connectivity index (χ2v) is 6.76. The van der Waals surface area contributed by atoms with Crippen LogP contribution in [0.4, 0.5) is 8.78 Å². The zero-order chi connectivity index (χ0) is 14.9. The SMILES string of the molecule is CC1CCC(Oc2ccc(S(N)(=O)=O)c(F)c2F)CC1. The molecule has 0 saturated heterocycles. The van der Waals surface area contributed by atoms with Crippen molar-refractivity contribution < 1.29 is 21.9 Å². The minimum atomic E-state index is -4.28. The molecule has 0 atom stereocenters. The first kappa shape index (κ1) is 15.2. The molecule has 1 aromatic carbocycles. The van der Waals surface area contributed by atoms with Crippen LogP contribution in [0.5, 0.6) is 5.75 Å². The number of sulfonamides is 1. The summed E-state index contributed by atoms with van der Waals surface area (Å²) in [6.07, 6.45) is 3.34. The molecule has 1 aromatic rings. The van der Waals surface area contributed by atoms with Gasteiger partial charge >= 0.3 is 0 Å². The molecular weight excluding hydrogens is 288 g/mol. The van der Waals surface area contributed by atoms with Gasteiger partial charge in [0.05, 0.1) is 6.10 Å². The van der Waals surface area contributed by atoms with Gasteiger partial charge in [-0.3, -0.25) is 0 Å². The number of primary sulfonamides is 1. The molecule has 1 saturated carbocycles. The summed E-state index contributed by atoms with van der Waals surface area (Å²) < 4.78 is 55.0. The first-order valence-electron chi connectivity index (χ1n) is 6.46. The van der Waals surface area contributed by atoms with Gasteiger partial charge < -0.3 is 4.74 Å². The summed E-state index contributed by atoms with van der Waals surface area (Å²) in [6.45, 7) is 2.14. The van der Waals surface area contributed by atoms with E-state index in [1.807, 2.05) is 0 Å². The van der Waals surface area contributed by atoms with E-state index in [1.165, 1.54) is 0 Å². The normalized spacial score (nSPS) is 23.6. The zero-order valence-corrected chi connectivity index (χ0v) is 11.9. The molecule has 1 fully saturated rings. The molecule has 0 heterocycles. The van der Waals surface area contributed by atoms with Crippen LogP contribution in [0, 0.1) is 17.6 Å². The van der Waals surface area contributed by atoms with Gasteiger partial charge in [0.25, 0.3) is 0 Å². The number of rotatable bonds is 3. The van der Waals surface area contributed by atoms with E-state index in [1.54, 1.807) is 0 Å². The minimum absolute atomic E-state index is 0.166. The molecule has 0 spiro atoms. The number of nitrogens with two attached hydrogens (primary N) is 1. The molecule has 0 bridgehead atoms. The lowest BCUT2D eigenvalue weighted by molar-refractivity contribution is 0.129. The van der Waals surface area contributed by atoms with Crippen LogP contribution in [0.1, 0.15) is 32.6 Å². The van der Waals surface area contributed by atoms with Gasteiger partial charge in [0, 0.05) is 0 Å². The molecule has 0 unspecified atom stereocenters. The summed E-state index contributed by atoms with van der Waals surface area (Å²) in [7, 11) is -4.28. The average Bonchev–Trinajstić information content (AvgIpc) is 2.36. The monoisotopic (exact) mass is 305 g/mol. The molecule has 7 heteroatoms. The van der Waals surface area contributed by atoms with E-state index in [0.29, 0.717) is 5.92 Å². The summed E-state index contributed by atoms with van der Waals surface area (Å²) in [5.41, 5.74) is 0. The topological polar surface area (TPSA) is 69.4 Å². The van der Waals surface area contributed by atoms with Crippen molar-refractivity contribution in [2.24, 2.45) is 11.1 Å². The lowest BCUT2D eigenvalue weighted by Crippen LogP contribution is -2.24. The molecule has 20 heavy (non-hydrogen) atoms. The molecule has 0 radical (unpaired) electrons. The summed E-state index contributed by atoms with van der Waals surface area (Å²) in [6, 6.07) is 2.03. The fourth-order valence-corrected chi connectivity index (χ4v) is 2.95. The van der Waals surface area contributed by atoms with E-state index in [9.17, 15) is 17.2 Å². The van der Waals surface area contributed by atoms with E-state index in [0.717, 1.165) is 37.8 Å². The lowest BCUT2D eigenvalue weighted by Gasteiger charge is -2.27. The molecule has 4 nitrogen and oxygen atoms in total. The molecule has 1 aliphatic rings. The highest BCUT2D eigenvalue weighted by atomic mass is 32.2. The van der Waals surface area contributed by atoms with Gasteiger partial charge in [-0.1, -0.05) is 6.92 Å². The fourth-order valence-electron chi connectivity index (χ4n) is 2.35. The summed E-state index contributed by atoms with van der Waals surface area (Å²) >= 11 is 0. The minimum Gasteiger partial charge on any atom is -0.487 e. The van der Waals surface area contributed by atoms with Crippen LogP contribution in [-0.2, 0) is 10.0 Å². The molecule has 112 valence electrons. The van der Waals surface area contributed by atoms with Crippen molar-refractivity contribution in [3.05, 3.63) is 23.8 Å². The average molecular weight is 305 g/mol. The van der Waals surface area contributed by atoms with E-state index in [4.69, 9.17) is 9.88 Å². The first-order chi connectivity index (χ1) is 9.29. The quantitative estimate of drug-likeness (QED) is 0.933. The van der Waals surface area contributed by atoms with E-state index in [2.05, 4.69) is 6.92 Å². The molecule has 0 aromatic heterocycles. The van der Waals surface area contributed by atoms with Gasteiger partial charge in [-0.2, -0.15) is 4.39 Å². The Morgan fingerprint density at radius 3 is 2.30 bits per heavy atom. The smallest absolute Gasteiger partial charge is 0.241 e.